The van der Waals surface area contributed by atoms with E-state index in [0.29, 0.717) is 12.8 Å². The van der Waals surface area contributed by atoms with Crippen molar-refractivity contribution >= 4 is 9.84 Å². The molecule has 1 aromatic carbocycles. The van der Waals surface area contributed by atoms with Gasteiger partial charge in [-0.05, 0) is 37.5 Å². The summed E-state index contributed by atoms with van der Waals surface area (Å²) in [6.07, 6.45) is 1.22. The maximum absolute atomic E-state index is 11.3. The van der Waals surface area contributed by atoms with Crippen LogP contribution in [0.3, 0.4) is 0 Å². The van der Waals surface area contributed by atoms with Gasteiger partial charge in [0.2, 0.25) is 0 Å². The average Bonchev–Trinajstić information content (AvgIpc) is 2.30. The third-order valence-corrected chi connectivity index (χ3v) is 5.18. The quantitative estimate of drug-likeness (QED) is 0.780. The van der Waals surface area contributed by atoms with Crippen molar-refractivity contribution in [2.75, 3.05) is 11.5 Å². The molecule has 1 saturated heterocycles. The van der Waals surface area contributed by atoms with Crippen molar-refractivity contribution in [1.82, 2.24) is 5.32 Å². The molecule has 1 atom stereocenters. The number of hydrogen-bond donors (Lipinski definition) is 3. The summed E-state index contributed by atoms with van der Waals surface area (Å²) in [6, 6.07) is 4.57. The van der Waals surface area contributed by atoms with E-state index in [0.717, 1.165) is 5.56 Å². The van der Waals surface area contributed by atoms with Gasteiger partial charge in [-0.2, -0.15) is 0 Å². The zero-order valence-electron chi connectivity index (χ0n) is 10.8. The maximum atomic E-state index is 11.3. The topological polar surface area (TPSA) is 86.6 Å². The normalized spacial score (nSPS) is 21.1. The molecule has 1 aliphatic heterocycles. The van der Waals surface area contributed by atoms with E-state index >= 15 is 0 Å². The van der Waals surface area contributed by atoms with Crippen molar-refractivity contribution in [2.45, 2.75) is 31.8 Å². The molecule has 19 heavy (non-hydrogen) atoms. The SMILES string of the molecule is CC(NC1CCS(=O)(=O)CC1)c1cc(O)cc(O)c1. The van der Waals surface area contributed by atoms with Crippen LogP contribution in [0.15, 0.2) is 18.2 Å². The third kappa shape index (κ3) is 3.84. The van der Waals surface area contributed by atoms with Crippen LogP contribution in [-0.4, -0.2) is 36.2 Å². The Hall–Kier alpha value is -1.27. The van der Waals surface area contributed by atoms with Crippen molar-refractivity contribution < 1.29 is 18.6 Å². The molecule has 5 nitrogen and oxygen atoms in total. The van der Waals surface area contributed by atoms with Gasteiger partial charge in [0.1, 0.15) is 21.3 Å². The van der Waals surface area contributed by atoms with Gasteiger partial charge in [0.15, 0.2) is 0 Å². The number of nitrogens with one attached hydrogen (secondary N) is 1. The highest BCUT2D eigenvalue weighted by molar-refractivity contribution is 7.91. The van der Waals surface area contributed by atoms with E-state index < -0.39 is 9.84 Å². The van der Waals surface area contributed by atoms with Crippen LogP contribution in [-0.2, 0) is 9.84 Å². The number of benzene rings is 1. The first-order valence-electron chi connectivity index (χ1n) is 6.35. The van der Waals surface area contributed by atoms with Crippen molar-refractivity contribution in [1.29, 1.82) is 0 Å². The lowest BCUT2D eigenvalue weighted by Crippen LogP contribution is -2.38. The van der Waals surface area contributed by atoms with Gasteiger partial charge < -0.3 is 15.5 Å². The Balaban J connectivity index is 1.99. The Morgan fingerprint density at radius 3 is 2.21 bits per heavy atom. The molecule has 3 N–H and O–H groups in total. The van der Waals surface area contributed by atoms with Gasteiger partial charge in [0.05, 0.1) is 11.5 Å². The summed E-state index contributed by atoms with van der Waals surface area (Å²) in [5, 5.41) is 22.2. The molecule has 1 heterocycles. The minimum absolute atomic E-state index is 0.0230. The van der Waals surface area contributed by atoms with Gasteiger partial charge >= 0.3 is 0 Å². The predicted octanol–water partition coefficient (Wildman–Crippen LogP) is 1.33. The highest BCUT2D eigenvalue weighted by Crippen LogP contribution is 2.26. The van der Waals surface area contributed by atoms with E-state index in [1.807, 2.05) is 6.92 Å². The van der Waals surface area contributed by atoms with Crippen LogP contribution in [0, 0.1) is 0 Å². The molecule has 106 valence electrons. The number of hydrogen-bond acceptors (Lipinski definition) is 5. The molecular weight excluding hydrogens is 266 g/mol. The predicted molar refractivity (Wildman–Crippen MR) is 73.0 cm³/mol. The lowest BCUT2D eigenvalue weighted by atomic mass is 10.0. The van der Waals surface area contributed by atoms with Crippen LogP contribution in [0.1, 0.15) is 31.4 Å². The number of aromatic hydroxyl groups is 2. The maximum Gasteiger partial charge on any atom is 0.150 e. The molecule has 2 rings (SSSR count). The molecule has 0 bridgehead atoms. The fraction of sp³-hybridized carbons (Fsp3) is 0.538. The van der Waals surface area contributed by atoms with Crippen molar-refractivity contribution in [2.24, 2.45) is 0 Å². The van der Waals surface area contributed by atoms with E-state index in [-0.39, 0.29) is 35.1 Å². The molecule has 1 aliphatic rings. The van der Waals surface area contributed by atoms with Crippen molar-refractivity contribution in [3.63, 3.8) is 0 Å². The molecule has 1 unspecified atom stereocenters. The molecule has 1 aromatic rings. The second-order valence-electron chi connectivity index (χ2n) is 5.10. The standard InChI is InChI=1S/C13H19NO4S/c1-9(10-6-12(15)8-13(16)7-10)14-11-2-4-19(17,18)5-3-11/h6-9,11,14-16H,2-5H2,1H3. The minimum Gasteiger partial charge on any atom is -0.508 e. The summed E-state index contributed by atoms with van der Waals surface area (Å²) < 4.78 is 22.7. The number of phenolic OH excluding ortho intramolecular Hbond substituents is 2. The van der Waals surface area contributed by atoms with Gasteiger partial charge in [-0.15, -0.1) is 0 Å². The fourth-order valence-corrected chi connectivity index (χ4v) is 3.87. The monoisotopic (exact) mass is 285 g/mol. The lowest BCUT2D eigenvalue weighted by molar-refractivity contribution is 0.413. The summed E-state index contributed by atoms with van der Waals surface area (Å²) in [4.78, 5) is 0. The second-order valence-corrected chi connectivity index (χ2v) is 7.40. The smallest absolute Gasteiger partial charge is 0.150 e. The van der Waals surface area contributed by atoms with Gasteiger partial charge in [0, 0.05) is 18.2 Å². The molecule has 0 aliphatic carbocycles. The molecule has 0 saturated carbocycles. The minimum atomic E-state index is -2.85. The largest absolute Gasteiger partial charge is 0.508 e. The number of phenols is 2. The molecule has 0 aromatic heterocycles. The van der Waals surface area contributed by atoms with Crippen LogP contribution >= 0.6 is 0 Å². The van der Waals surface area contributed by atoms with Crippen molar-refractivity contribution in [3.8, 4) is 11.5 Å². The summed E-state index contributed by atoms with van der Waals surface area (Å²) >= 11 is 0. The molecular formula is C13H19NO4S. The van der Waals surface area contributed by atoms with Crippen molar-refractivity contribution in [3.05, 3.63) is 23.8 Å². The van der Waals surface area contributed by atoms with Crippen LogP contribution in [0.25, 0.3) is 0 Å². The molecule has 0 spiro atoms. The van der Waals surface area contributed by atoms with Gasteiger partial charge in [-0.1, -0.05) is 0 Å². The third-order valence-electron chi connectivity index (χ3n) is 3.47. The van der Waals surface area contributed by atoms with Crippen LogP contribution < -0.4 is 5.32 Å². The molecule has 0 radical (unpaired) electrons. The van der Waals surface area contributed by atoms with Gasteiger partial charge in [-0.25, -0.2) is 8.42 Å². The van der Waals surface area contributed by atoms with E-state index in [9.17, 15) is 18.6 Å². The zero-order valence-corrected chi connectivity index (χ0v) is 11.7. The number of sulfone groups is 1. The van der Waals surface area contributed by atoms with Crippen LogP contribution in [0.5, 0.6) is 11.5 Å². The average molecular weight is 285 g/mol. The summed E-state index contributed by atoms with van der Waals surface area (Å²) in [6.45, 7) is 1.93. The first kappa shape index (κ1) is 14.1. The fourth-order valence-electron chi connectivity index (χ4n) is 2.37. The van der Waals surface area contributed by atoms with Crippen LogP contribution in [0.4, 0.5) is 0 Å². The summed E-state index contributed by atoms with van der Waals surface area (Å²) in [5.74, 6) is 0.496. The van der Waals surface area contributed by atoms with E-state index in [2.05, 4.69) is 5.32 Å². The molecule has 1 fully saturated rings. The summed E-state index contributed by atoms with van der Waals surface area (Å²) in [7, 11) is -2.85. The first-order chi connectivity index (χ1) is 8.85. The Kier molecular flexibility index (Phi) is 4.01. The van der Waals surface area contributed by atoms with Crippen LogP contribution in [0.2, 0.25) is 0 Å². The Labute approximate surface area is 113 Å². The summed E-state index contributed by atoms with van der Waals surface area (Å²) in [5.41, 5.74) is 0.783. The van der Waals surface area contributed by atoms with E-state index in [1.165, 1.54) is 6.07 Å². The highest BCUT2D eigenvalue weighted by Gasteiger charge is 2.24. The highest BCUT2D eigenvalue weighted by atomic mass is 32.2. The zero-order chi connectivity index (χ0) is 14.0. The first-order valence-corrected chi connectivity index (χ1v) is 8.17. The Morgan fingerprint density at radius 1 is 1.16 bits per heavy atom. The van der Waals surface area contributed by atoms with Gasteiger partial charge in [-0.3, -0.25) is 0 Å². The number of rotatable bonds is 3. The Bertz CT molecular complexity index is 522. The molecule has 6 heteroatoms. The lowest BCUT2D eigenvalue weighted by Gasteiger charge is -2.27. The second kappa shape index (κ2) is 5.38. The van der Waals surface area contributed by atoms with E-state index in [1.54, 1.807) is 12.1 Å². The molecule has 0 amide bonds. The van der Waals surface area contributed by atoms with Gasteiger partial charge in [0.25, 0.3) is 0 Å². The Morgan fingerprint density at radius 2 is 1.68 bits per heavy atom. The van der Waals surface area contributed by atoms with E-state index in [4.69, 9.17) is 0 Å².